The average molecular weight is 220 g/mol. The SMILES string of the molecule is Nc1cc(-c2cccnc2)cc(C(F)F)c1. The number of nitrogens with zero attached hydrogens (tertiary/aromatic N) is 1. The maximum Gasteiger partial charge on any atom is 0.263 e. The minimum atomic E-state index is -2.51. The number of nitrogens with two attached hydrogens (primary N) is 1. The summed E-state index contributed by atoms with van der Waals surface area (Å²) in [5.41, 5.74) is 7.27. The summed E-state index contributed by atoms with van der Waals surface area (Å²) in [6, 6.07) is 7.92. The van der Waals surface area contributed by atoms with Gasteiger partial charge in [0.1, 0.15) is 0 Å². The monoisotopic (exact) mass is 220 g/mol. The van der Waals surface area contributed by atoms with E-state index in [4.69, 9.17) is 5.73 Å². The normalized spacial score (nSPS) is 10.7. The van der Waals surface area contributed by atoms with Gasteiger partial charge in [-0.1, -0.05) is 6.07 Å². The van der Waals surface area contributed by atoms with Gasteiger partial charge >= 0.3 is 0 Å². The second-order valence-electron chi connectivity index (χ2n) is 3.43. The van der Waals surface area contributed by atoms with Crippen LogP contribution in [0.15, 0.2) is 42.7 Å². The Morgan fingerprint density at radius 2 is 1.94 bits per heavy atom. The molecular formula is C12H10F2N2. The van der Waals surface area contributed by atoms with Crippen molar-refractivity contribution >= 4 is 5.69 Å². The van der Waals surface area contributed by atoms with Gasteiger partial charge < -0.3 is 5.73 Å². The van der Waals surface area contributed by atoms with Crippen molar-refractivity contribution in [3.8, 4) is 11.1 Å². The number of rotatable bonds is 2. The highest BCUT2D eigenvalue weighted by atomic mass is 19.3. The molecule has 0 fully saturated rings. The minimum absolute atomic E-state index is 0.0705. The lowest BCUT2D eigenvalue weighted by atomic mass is 10.0. The number of hydrogen-bond donors (Lipinski definition) is 1. The van der Waals surface area contributed by atoms with Gasteiger partial charge in [0.25, 0.3) is 6.43 Å². The van der Waals surface area contributed by atoms with Crippen LogP contribution in [0, 0.1) is 0 Å². The first kappa shape index (κ1) is 10.5. The van der Waals surface area contributed by atoms with Crippen molar-refractivity contribution in [2.45, 2.75) is 6.43 Å². The van der Waals surface area contributed by atoms with Gasteiger partial charge in [-0.2, -0.15) is 0 Å². The Kier molecular flexibility index (Phi) is 2.81. The smallest absolute Gasteiger partial charge is 0.263 e. The van der Waals surface area contributed by atoms with Gasteiger partial charge in [-0.25, -0.2) is 8.78 Å². The molecule has 16 heavy (non-hydrogen) atoms. The van der Waals surface area contributed by atoms with Crippen LogP contribution in [-0.4, -0.2) is 4.98 Å². The van der Waals surface area contributed by atoms with Crippen LogP contribution in [0.4, 0.5) is 14.5 Å². The first-order valence-corrected chi connectivity index (χ1v) is 4.76. The molecule has 1 aromatic heterocycles. The zero-order chi connectivity index (χ0) is 11.5. The number of aromatic nitrogens is 1. The van der Waals surface area contributed by atoms with Crippen molar-refractivity contribution in [2.24, 2.45) is 0 Å². The van der Waals surface area contributed by atoms with Crippen LogP contribution in [0.1, 0.15) is 12.0 Å². The fraction of sp³-hybridized carbons (Fsp3) is 0.0833. The third-order valence-corrected chi connectivity index (χ3v) is 2.22. The molecule has 1 heterocycles. The van der Waals surface area contributed by atoms with E-state index >= 15 is 0 Å². The largest absolute Gasteiger partial charge is 0.399 e. The van der Waals surface area contributed by atoms with E-state index in [9.17, 15) is 8.78 Å². The summed E-state index contributed by atoms with van der Waals surface area (Å²) < 4.78 is 25.1. The summed E-state index contributed by atoms with van der Waals surface area (Å²) in [7, 11) is 0. The summed E-state index contributed by atoms with van der Waals surface area (Å²) >= 11 is 0. The van der Waals surface area contributed by atoms with E-state index in [0.717, 1.165) is 5.56 Å². The Balaban J connectivity index is 2.50. The van der Waals surface area contributed by atoms with Crippen LogP contribution < -0.4 is 5.73 Å². The molecule has 2 aromatic rings. The van der Waals surface area contributed by atoms with Crippen LogP contribution in [-0.2, 0) is 0 Å². The third kappa shape index (κ3) is 2.16. The fourth-order valence-corrected chi connectivity index (χ4v) is 1.50. The Labute approximate surface area is 91.7 Å². The van der Waals surface area contributed by atoms with Gasteiger partial charge in [-0.3, -0.25) is 4.98 Å². The van der Waals surface area contributed by atoms with Crippen LogP contribution >= 0.6 is 0 Å². The number of pyridine rings is 1. The van der Waals surface area contributed by atoms with Crippen LogP contribution in [0.3, 0.4) is 0 Å². The van der Waals surface area contributed by atoms with Crippen molar-refractivity contribution in [2.75, 3.05) is 5.73 Å². The van der Waals surface area contributed by atoms with E-state index in [1.54, 1.807) is 30.6 Å². The molecule has 4 heteroatoms. The summed E-state index contributed by atoms with van der Waals surface area (Å²) in [4.78, 5) is 3.94. The third-order valence-electron chi connectivity index (χ3n) is 2.22. The predicted octanol–water partition coefficient (Wildman–Crippen LogP) is 3.27. The lowest BCUT2D eigenvalue weighted by Gasteiger charge is -2.06. The van der Waals surface area contributed by atoms with E-state index in [2.05, 4.69) is 4.98 Å². The molecule has 0 unspecified atom stereocenters. The highest BCUT2D eigenvalue weighted by Crippen LogP contribution is 2.28. The number of benzene rings is 1. The summed E-state index contributed by atoms with van der Waals surface area (Å²) in [5, 5.41) is 0. The van der Waals surface area contributed by atoms with E-state index < -0.39 is 6.43 Å². The van der Waals surface area contributed by atoms with Crippen molar-refractivity contribution in [1.82, 2.24) is 4.98 Å². The molecule has 2 rings (SSSR count). The van der Waals surface area contributed by atoms with Crippen molar-refractivity contribution in [3.05, 3.63) is 48.3 Å². The Bertz CT molecular complexity index is 484. The van der Waals surface area contributed by atoms with Gasteiger partial charge in [-0.15, -0.1) is 0 Å². The van der Waals surface area contributed by atoms with E-state index in [1.165, 1.54) is 12.1 Å². The van der Waals surface area contributed by atoms with Crippen LogP contribution in [0.25, 0.3) is 11.1 Å². The molecule has 0 saturated carbocycles. The number of halogens is 2. The van der Waals surface area contributed by atoms with E-state index in [0.29, 0.717) is 11.3 Å². The summed E-state index contributed by atoms with van der Waals surface area (Å²) in [6.45, 7) is 0. The summed E-state index contributed by atoms with van der Waals surface area (Å²) in [6.07, 6.45) is 0.729. The van der Waals surface area contributed by atoms with E-state index in [1.807, 2.05) is 0 Å². The van der Waals surface area contributed by atoms with Gasteiger partial charge in [0.2, 0.25) is 0 Å². The molecule has 0 bridgehead atoms. The zero-order valence-corrected chi connectivity index (χ0v) is 8.40. The molecule has 0 spiro atoms. The highest BCUT2D eigenvalue weighted by molar-refractivity contribution is 5.67. The molecule has 82 valence electrons. The predicted molar refractivity (Wildman–Crippen MR) is 59.0 cm³/mol. The van der Waals surface area contributed by atoms with Gasteiger partial charge in [0.05, 0.1) is 0 Å². The highest BCUT2D eigenvalue weighted by Gasteiger charge is 2.09. The molecule has 0 aliphatic heterocycles. The minimum Gasteiger partial charge on any atom is -0.399 e. The number of hydrogen-bond acceptors (Lipinski definition) is 2. The van der Waals surface area contributed by atoms with Crippen LogP contribution in [0.2, 0.25) is 0 Å². The Morgan fingerprint density at radius 3 is 2.56 bits per heavy atom. The lowest BCUT2D eigenvalue weighted by molar-refractivity contribution is 0.151. The number of anilines is 1. The van der Waals surface area contributed by atoms with Gasteiger partial charge in [0.15, 0.2) is 0 Å². The molecule has 0 saturated heterocycles. The van der Waals surface area contributed by atoms with Crippen LogP contribution in [0.5, 0.6) is 0 Å². The average Bonchev–Trinajstić information content (AvgIpc) is 2.29. The van der Waals surface area contributed by atoms with Crippen molar-refractivity contribution in [1.29, 1.82) is 0 Å². The molecule has 2 N–H and O–H groups in total. The maximum atomic E-state index is 12.6. The first-order chi connectivity index (χ1) is 7.66. The molecule has 0 aliphatic carbocycles. The van der Waals surface area contributed by atoms with E-state index in [-0.39, 0.29) is 5.56 Å². The van der Waals surface area contributed by atoms with Gasteiger partial charge in [-0.05, 0) is 29.8 Å². The number of nitrogen functional groups attached to an aromatic ring is 1. The lowest BCUT2D eigenvalue weighted by Crippen LogP contribution is -1.92. The molecule has 0 aliphatic rings. The second-order valence-corrected chi connectivity index (χ2v) is 3.43. The molecule has 1 aromatic carbocycles. The number of alkyl halides is 2. The molecule has 2 nitrogen and oxygen atoms in total. The summed E-state index contributed by atoms with van der Waals surface area (Å²) in [5.74, 6) is 0. The molecule has 0 radical (unpaired) electrons. The second kappa shape index (κ2) is 4.26. The standard InChI is InChI=1S/C12H10F2N2/c13-12(14)10-4-9(5-11(15)6-10)8-2-1-3-16-7-8/h1-7,12H,15H2. The topological polar surface area (TPSA) is 38.9 Å². The molecule has 0 atom stereocenters. The zero-order valence-electron chi connectivity index (χ0n) is 8.40. The van der Waals surface area contributed by atoms with Crippen molar-refractivity contribution in [3.63, 3.8) is 0 Å². The quantitative estimate of drug-likeness (QED) is 0.789. The molecular weight excluding hydrogens is 210 g/mol. The van der Waals surface area contributed by atoms with Crippen molar-refractivity contribution < 1.29 is 8.78 Å². The Morgan fingerprint density at radius 1 is 1.12 bits per heavy atom. The fourth-order valence-electron chi connectivity index (χ4n) is 1.50. The first-order valence-electron chi connectivity index (χ1n) is 4.76. The molecule has 0 amide bonds. The maximum absolute atomic E-state index is 12.6. The Hall–Kier alpha value is -1.97. The van der Waals surface area contributed by atoms with Gasteiger partial charge in [0, 0.05) is 29.2 Å².